The van der Waals surface area contributed by atoms with Gasteiger partial charge in [-0.3, -0.25) is 9.59 Å². The Kier molecular flexibility index (Phi) is 4.32. The number of benzene rings is 1. The largest absolute Gasteiger partial charge is 0.484 e. The third-order valence-electron chi connectivity index (χ3n) is 4.34. The number of amides is 2. The number of nitrogens with one attached hydrogen (secondary N) is 1. The first-order valence-corrected chi connectivity index (χ1v) is 7.95. The van der Waals surface area contributed by atoms with E-state index in [0.29, 0.717) is 18.1 Å². The lowest BCUT2D eigenvalue weighted by atomic mass is 10.0. The monoisotopic (exact) mass is 302 g/mol. The lowest BCUT2D eigenvalue weighted by Crippen LogP contribution is -2.41. The smallest absolute Gasteiger partial charge is 0.260 e. The fourth-order valence-electron chi connectivity index (χ4n) is 3.10. The van der Waals surface area contributed by atoms with Crippen LogP contribution in [-0.2, 0) is 16.0 Å². The van der Waals surface area contributed by atoms with Gasteiger partial charge in [0, 0.05) is 25.2 Å². The van der Waals surface area contributed by atoms with Crippen LogP contribution in [0.25, 0.3) is 0 Å². The van der Waals surface area contributed by atoms with Crippen molar-refractivity contribution in [1.82, 2.24) is 4.90 Å². The number of piperidine rings is 1. The summed E-state index contributed by atoms with van der Waals surface area (Å²) in [6.07, 6.45) is 3.49. The quantitative estimate of drug-likeness (QED) is 0.931. The zero-order chi connectivity index (χ0) is 15.5. The van der Waals surface area contributed by atoms with Crippen LogP contribution in [0.3, 0.4) is 0 Å². The summed E-state index contributed by atoms with van der Waals surface area (Å²) in [6, 6.07) is 5.56. The molecule has 0 aromatic heterocycles. The molecule has 3 rings (SSSR count). The second-order valence-corrected chi connectivity index (χ2v) is 6.24. The minimum absolute atomic E-state index is 0.0514. The Hall–Kier alpha value is -2.04. The number of hydrogen-bond donors (Lipinski definition) is 1. The highest BCUT2D eigenvalue weighted by atomic mass is 16.5. The van der Waals surface area contributed by atoms with E-state index in [0.717, 1.165) is 37.2 Å². The van der Waals surface area contributed by atoms with Crippen molar-refractivity contribution in [3.05, 3.63) is 23.8 Å². The van der Waals surface area contributed by atoms with Crippen molar-refractivity contribution in [2.75, 3.05) is 25.0 Å². The van der Waals surface area contributed by atoms with Gasteiger partial charge in [0.1, 0.15) is 5.75 Å². The number of carbonyl (C=O) groups excluding carboxylic acids is 2. The van der Waals surface area contributed by atoms with Crippen LogP contribution in [0.4, 0.5) is 5.69 Å². The molecule has 1 aromatic rings. The molecular formula is C17H22N2O3. The highest BCUT2D eigenvalue weighted by Gasteiger charge is 2.21. The SMILES string of the molecule is CC1CCCN(C(=O)COc2ccc3c(c2)CCC(=O)N3)C1. The molecule has 2 aliphatic rings. The molecule has 2 amide bonds. The third-order valence-corrected chi connectivity index (χ3v) is 4.34. The first kappa shape index (κ1) is 14.9. The minimum Gasteiger partial charge on any atom is -0.484 e. The van der Waals surface area contributed by atoms with Crippen molar-refractivity contribution in [1.29, 1.82) is 0 Å². The molecule has 0 bridgehead atoms. The van der Waals surface area contributed by atoms with Crippen LogP contribution < -0.4 is 10.1 Å². The molecule has 5 heteroatoms. The zero-order valence-corrected chi connectivity index (χ0v) is 12.9. The van der Waals surface area contributed by atoms with Crippen LogP contribution in [0.5, 0.6) is 5.75 Å². The van der Waals surface area contributed by atoms with Crippen LogP contribution in [-0.4, -0.2) is 36.4 Å². The molecule has 1 fully saturated rings. The fourth-order valence-corrected chi connectivity index (χ4v) is 3.10. The molecule has 118 valence electrons. The fraction of sp³-hybridized carbons (Fsp3) is 0.529. The van der Waals surface area contributed by atoms with Crippen molar-refractivity contribution in [3.63, 3.8) is 0 Å². The second-order valence-electron chi connectivity index (χ2n) is 6.24. The number of aryl methyl sites for hydroxylation is 1. The molecule has 2 heterocycles. The van der Waals surface area contributed by atoms with Gasteiger partial charge >= 0.3 is 0 Å². The predicted molar refractivity (Wildman–Crippen MR) is 83.9 cm³/mol. The van der Waals surface area contributed by atoms with Gasteiger partial charge in [-0.2, -0.15) is 0 Å². The lowest BCUT2D eigenvalue weighted by Gasteiger charge is -2.30. The van der Waals surface area contributed by atoms with E-state index >= 15 is 0 Å². The molecule has 5 nitrogen and oxygen atoms in total. The van der Waals surface area contributed by atoms with Crippen molar-refractivity contribution in [2.45, 2.75) is 32.6 Å². The lowest BCUT2D eigenvalue weighted by molar-refractivity contribution is -0.135. The zero-order valence-electron chi connectivity index (χ0n) is 12.9. The molecule has 0 saturated carbocycles. The van der Waals surface area contributed by atoms with Crippen LogP contribution >= 0.6 is 0 Å². The Balaban J connectivity index is 1.57. The number of carbonyl (C=O) groups is 2. The van der Waals surface area contributed by atoms with Crippen molar-refractivity contribution in [3.8, 4) is 5.75 Å². The van der Waals surface area contributed by atoms with Crippen LogP contribution in [0.1, 0.15) is 31.7 Å². The van der Waals surface area contributed by atoms with E-state index in [1.54, 1.807) is 6.07 Å². The number of nitrogens with zero attached hydrogens (tertiary/aromatic N) is 1. The predicted octanol–water partition coefficient (Wildman–Crippen LogP) is 2.21. The van der Waals surface area contributed by atoms with Gasteiger partial charge in [-0.1, -0.05) is 6.92 Å². The van der Waals surface area contributed by atoms with Crippen molar-refractivity contribution in [2.24, 2.45) is 5.92 Å². The van der Waals surface area contributed by atoms with Gasteiger partial charge in [-0.15, -0.1) is 0 Å². The van der Waals surface area contributed by atoms with E-state index in [9.17, 15) is 9.59 Å². The second kappa shape index (κ2) is 6.38. The van der Waals surface area contributed by atoms with E-state index in [-0.39, 0.29) is 18.4 Å². The summed E-state index contributed by atoms with van der Waals surface area (Å²) >= 11 is 0. The summed E-state index contributed by atoms with van der Waals surface area (Å²) in [5.74, 6) is 1.37. The molecule has 2 aliphatic heterocycles. The molecule has 1 aromatic carbocycles. The Bertz CT molecular complexity index is 585. The van der Waals surface area contributed by atoms with Gasteiger partial charge in [-0.05, 0) is 48.9 Å². The van der Waals surface area contributed by atoms with Gasteiger partial charge in [0.25, 0.3) is 5.91 Å². The average molecular weight is 302 g/mol. The van der Waals surface area contributed by atoms with E-state index in [1.165, 1.54) is 6.42 Å². The normalized spacial score (nSPS) is 21.0. The van der Waals surface area contributed by atoms with Crippen molar-refractivity contribution < 1.29 is 14.3 Å². The summed E-state index contributed by atoms with van der Waals surface area (Å²) < 4.78 is 5.65. The summed E-state index contributed by atoms with van der Waals surface area (Å²) in [7, 11) is 0. The minimum atomic E-state index is 0.0514. The molecule has 1 N–H and O–H groups in total. The maximum atomic E-state index is 12.2. The van der Waals surface area contributed by atoms with Gasteiger partial charge in [-0.25, -0.2) is 0 Å². The van der Waals surface area contributed by atoms with Gasteiger partial charge in [0.2, 0.25) is 5.91 Å². The first-order valence-electron chi connectivity index (χ1n) is 7.95. The Morgan fingerprint density at radius 1 is 1.41 bits per heavy atom. The highest BCUT2D eigenvalue weighted by molar-refractivity contribution is 5.94. The summed E-state index contributed by atoms with van der Waals surface area (Å²) in [4.78, 5) is 25.4. The van der Waals surface area contributed by atoms with Crippen molar-refractivity contribution >= 4 is 17.5 Å². The molecular weight excluding hydrogens is 280 g/mol. The summed E-state index contributed by atoms with van der Waals surface area (Å²) in [5, 5.41) is 2.84. The summed E-state index contributed by atoms with van der Waals surface area (Å²) in [6.45, 7) is 3.93. The van der Waals surface area contributed by atoms with Crippen LogP contribution in [0.15, 0.2) is 18.2 Å². The topological polar surface area (TPSA) is 58.6 Å². The molecule has 1 saturated heterocycles. The summed E-state index contributed by atoms with van der Waals surface area (Å²) in [5.41, 5.74) is 1.91. The molecule has 0 spiro atoms. The molecule has 1 atom stereocenters. The number of ether oxygens (including phenoxy) is 1. The van der Waals surface area contributed by atoms with Crippen LogP contribution in [0.2, 0.25) is 0 Å². The molecule has 0 radical (unpaired) electrons. The maximum absolute atomic E-state index is 12.2. The standard InChI is InChI=1S/C17H22N2O3/c1-12-3-2-8-19(10-12)17(21)11-22-14-5-6-15-13(9-14)4-7-16(20)18-15/h5-6,9,12H,2-4,7-8,10-11H2,1H3,(H,18,20). The Morgan fingerprint density at radius 3 is 3.09 bits per heavy atom. The van der Waals surface area contributed by atoms with Gasteiger partial charge in [0.15, 0.2) is 6.61 Å². The number of likely N-dealkylation sites (tertiary alicyclic amines) is 1. The first-order chi connectivity index (χ1) is 10.6. The molecule has 1 unspecified atom stereocenters. The number of rotatable bonds is 3. The maximum Gasteiger partial charge on any atom is 0.260 e. The van der Waals surface area contributed by atoms with Gasteiger partial charge in [0.05, 0.1) is 0 Å². The third kappa shape index (κ3) is 3.40. The van der Waals surface area contributed by atoms with E-state index in [2.05, 4.69) is 12.2 Å². The van der Waals surface area contributed by atoms with E-state index in [4.69, 9.17) is 4.74 Å². The average Bonchev–Trinajstić information content (AvgIpc) is 2.52. The van der Waals surface area contributed by atoms with E-state index < -0.39 is 0 Å². The highest BCUT2D eigenvalue weighted by Crippen LogP contribution is 2.26. The van der Waals surface area contributed by atoms with E-state index in [1.807, 2.05) is 17.0 Å². The van der Waals surface area contributed by atoms with Crippen LogP contribution in [0, 0.1) is 5.92 Å². The Labute approximate surface area is 130 Å². The Morgan fingerprint density at radius 2 is 2.27 bits per heavy atom. The number of hydrogen-bond acceptors (Lipinski definition) is 3. The number of anilines is 1. The molecule has 0 aliphatic carbocycles. The van der Waals surface area contributed by atoms with Gasteiger partial charge < -0.3 is 15.0 Å². The molecule has 22 heavy (non-hydrogen) atoms. The number of fused-ring (bicyclic) bond motifs is 1.